The number of hydrogen-bond acceptors (Lipinski definition) is 6. The first-order chi connectivity index (χ1) is 13.1. The van der Waals surface area contributed by atoms with Crippen LogP contribution in [0.3, 0.4) is 0 Å². The molecule has 1 aromatic heterocycles. The molecule has 1 heterocycles. The zero-order valence-corrected chi connectivity index (χ0v) is 15.4. The highest BCUT2D eigenvalue weighted by Gasteiger charge is 2.14. The lowest BCUT2D eigenvalue weighted by Crippen LogP contribution is -1.97. The van der Waals surface area contributed by atoms with Crippen LogP contribution in [0.5, 0.6) is 0 Å². The molecule has 6 nitrogen and oxygen atoms in total. The molecule has 27 heavy (non-hydrogen) atoms. The van der Waals surface area contributed by atoms with Crippen molar-refractivity contribution in [1.82, 2.24) is 4.98 Å². The Morgan fingerprint density at radius 1 is 1.19 bits per heavy atom. The van der Waals surface area contributed by atoms with Gasteiger partial charge in [-0.15, -0.1) is 11.8 Å². The molecule has 0 spiro atoms. The Morgan fingerprint density at radius 2 is 1.96 bits per heavy atom. The molecular formula is C20H17N3O3S. The topological polar surface area (TPSA) is 88.6 Å². The van der Waals surface area contributed by atoms with Crippen LogP contribution in [0.1, 0.15) is 16.7 Å². The van der Waals surface area contributed by atoms with E-state index in [2.05, 4.69) is 10.1 Å². The van der Waals surface area contributed by atoms with Crippen LogP contribution in [0, 0.1) is 10.1 Å². The molecule has 136 valence electrons. The third-order valence-electron chi connectivity index (χ3n) is 4.10. The molecule has 0 aliphatic rings. The molecule has 0 saturated heterocycles. The Bertz CT molecular complexity index is 991. The quantitative estimate of drug-likeness (QED) is 0.219. The van der Waals surface area contributed by atoms with Crippen molar-refractivity contribution in [2.45, 2.75) is 11.3 Å². The highest BCUT2D eigenvalue weighted by molar-refractivity contribution is 7.98. The molecule has 0 fully saturated rings. The van der Waals surface area contributed by atoms with Crippen LogP contribution < -0.4 is 0 Å². The highest BCUT2D eigenvalue weighted by Crippen LogP contribution is 2.35. The van der Waals surface area contributed by atoms with E-state index in [9.17, 15) is 10.1 Å². The minimum Gasteiger partial charge on any atom is -0.411 e. The summed E-state index contributed by atoms with van der Waals surface area (Å²) in [6.45, 7) is 0. The number of rotatable bonds is 6. The molecule has 0 unspecified atom stereocenters. The monoisotopic (exact) mass is 379 g/mol. The van der Waals surface area contributed by atoms with Crippen LogP contribution in [0.4, 0.5) is 5.69 Å². The molecule has 0 atom stereocenters. The number of nitrogens with zero attached hydrogens (tertiary/aromatic N) is 3. The van der Waals surface area contributed by atoms with Gasteiger partial charge in [-0.2, -0.15) is 0 Å². The van der Waals surface area contributed by atoms with E-state index in [4.69, 9.17) is 5.21 Å². The lowest BCUT2D eigenvalue weighted by molar-refractivity contribution is -0.384. The van der Waals surface area contributed by atoms with Crippen LogP contribution >= 0.6 is 11.8 Å². The molecular weight excluding hydrogens is 362 g/mol. The van der Waals surface area contributed by atoms with Crippen molar-refractivity contribution in [1.29, 1.82) is 0 Å². The lowest BCUT2D eigenvalue weighted by Gasteiger charge is -2.14. The second-order valence-corrected chi connectivity index (χ2v) is 6.67. The van der Waals surface area contributed by atoms with Gasteiger partial charge in [0.1, 0.15) is 0 Å². The zero-order valence-electron chi connectivity index (χ0n) is 14.6. The maximum absolute atomic E-state index is 11.2. The number of hydrogen-bond donors (Lipinski definition) is 1. The van der Waals surface area contributed by atoms with Gasteiger partial charge in [0.25, 0.3) is 5.69 Å². The second kappa shape index (κ2) is 8.46. The van der Waals surface area contributed by atoms with E-state index in [1.165, 1.54) is 24.0 Å². The third-order valence-corrected chi connectivity index (χ3v) is 4.97. The summed E-state index contributed by atoms with van der Waals surface area (Å²) in [6.07, 6.45) is 7.47. The fourth-order valence-corrected chi connectivity index (χ4v) is 3.68. The minimum atomic E-state index is -0.404. The molecule has 0 saturated carbocycles. The van der Waals surface area contributed by atoms with Crippen molar-refractivity contribution in [2.24, 2.45) is 5.16 Å². The molecule has 1 N–H and O–H groups in total. The van der Waals surface area contributed by atoms with Gasteiger partial charge in [-0.25, -0.2) is 0 Å². The SMILES string of the molecule is CSc1c(C=NO)cc(Cc2ccncc2)cc1-c1cccc([N+](=O)[O-])c1. The number of benzene rings is 2. The van der Waals surface area contributed by atoms with Crippen molar-refractivity contribution >= 4 is 23.7 Å². The largest absolute Gasteiger partial charge is 0.411 e. The van der Waals surface area contributed by atoms with E-state index in [0.717, 1.165) is 32.7 Å². The van der Waals surface area contributed by atoms with Gasteiger partial charge in [-0.05, 0) is 59.2 Å². The molecule has 0 radical (unpaired) electrons. The van der Waals surface area contributed by atoms with Crippen LogP contribution in [0.25, 0.3) is 11.1 Å². The summed E-state index contributed by atoms with van der Waals surface area (Å²) < 4.78 is 0. The first kappa shape index (κ1) is 18.6. The van der Waals surface area contributed by atoms with Gasteiger partial charge in [0.2, 0.25) is 0 Å². The van der Waals surface area contributed by atoms with Gasteiger partial charge < -0.3 is 5.21 Å². The van der Waals surface area contributed by atoms with E-state index in [-0.39, 0.29) is 5.69 Å². The van der Waals surface area contributed by atoms with E-state index in [0.29, 0.717) is 6.42 Å². The van der Waals surface area contributed by atoms with Gasteiger partial charge in [-0.1, -0.05) is 17.3 Å². The summed E-state index contributed by atoms with van der Waals surface area (Å²) >= 11 is 1.50. The summed E-state index contributed by atoms with van der Waals surface area (Å²) in [4.78, 5) is 15.7. The van der Waals surface area contributed by atoms with Crippen molar-refractivity contribution in [3.63, 3.8) is 0 Å². The Labute approximate surface area is 160 Å². The van der Waals surface area contributed by atoms with Gasteiger partial charge in [0.05, 0.1) is 11.1 Å². The summed E-state index contributed by atoms with van der Waals surface area (Å²) in [5, 5.41) is 23.4. The van der Waals surface area contributed by atoms with E-state index >= 15 is 0 Å². The van der Waals surface area contributed by atoms with Crippen molar-refractivity contribution < 1.29 is 10.1 Å². The number of nitro groups is 1. The number of non-ortho nitro benzene ring substituents is 1. The highest BCUT2D eigenvalue weighted by atomic mass is 32.2. The van der Waals surface area contributed by atoms with E-state index in [1.54, 1.807) is 24.5 Å². The fourth-order valence-electron chi connectivity index (χ4n) is 2.94. The van der Waals surface area contributed by atoms with Crippen LogP contribution in [0.15, 0.2) is 71.0 Å². The molecule has 7 heteroatoms. The summed E-state index contributed by atoms with van der Waals surface area (Å²) in [5.41, 5.74) is 4.52. The molecule has 0 aliphatic carbocycles. The number of oxime groups is 1. The normalized spacial score (nSPS) is 11.0. The van der Waals surface area contributed by atoms with Crippen LogP contribution in [0.2, 0.25) is 0 Å². The molecule has 3 aromatic rings. The Kier molecular flexibility index (Phi) is 5.83. The Balaban J connectivity index is 2.15. The number of thioether (sulfide) groups is 1. The van der Waals surface area contributed by atoms with Gasteiger partial charge in [0, 0.05) is 35.0 Å². The van der Waals surface area contributed by atoms with Crippen LogP contribution in [-0.4, -0.2) is 27.6 Å². The molecule has 0 amide bonds. The van der Waals surface area contributed by atoms with Gasteiger partial charge in [-0.3, -0.25) is 15.1 Å². The summed E-state index contributed by atoms with van der Waals surface area (Å²) in [6, 6.07) is 14.4. The second-order valence-electron chi connectivity index (χ2n) is 5.85. The summed E-state index contributed by atoms with van der Waals surface area (Å²) in [5.74, 6) is 0. The average Bonchev–Trinajstić information content (AvgIpc) is 2.69. The Morgan fingerprint density at radius 3 is 2.63 bits per heavy atom. The number of aromatic nitrogens is 1. The molecule has 0 bridgehead atoms. The predicted octanol–water partition coefficient (Wildman–Crippen LogP) is 4.78. The lowest BCUT2D eigenvalue weighted by atomic mass is 9.96. The molecule has 3 rings (SSSR count). The summed E-state index contributed by atoms with van der Waals surface area (Å²) in [7, 11) is 0. The van der Waals surface area contributed by atoms with Gasteiger partial charge >= 0.3 is 0 Å². The van der Waals surface area contributed by atoms with Crippen molar-refractivity contribution in [3.8, 4) is 11.1 Å². The molecule has 0 aliphatic heterocycles. The first-order valence-corrected chi connectivity index (χ1v) is 9.37. The first-order valence-electron chi connectivity index (χ1n) is 8.14. The molecule has 2 aromatic carbocycles. The maximum Gasteiger partial charge on any atom is 0.270 e. The predicted molar refractivity (Wildman–Crippen MR) is 107 cm³/mol. The Hall–Kier alpha value is -3.19. The average molecular weight is 379 g/mol. The minimum absolute atomic E-state index is 0.0384. The van der Waals surface area contributed by atoms with E-state index in [1.807, 2.05) is 36.6 Å². The van der Waals surface area contributed by atoms with Crippen molar-refractivity contribution in [2.75, 3.05) is 6.26 Å². The maximum atomic E-state index is 11.2. The smallest absolute Gasteiger partial charge is 0.270 e. The standard InChI is InChI=1S/C20H17N3O3S/c1-27-20-17(13-22-24)10-15(9-14-5-7-21-8-6-14)11-19(20)16-3-2-4-18(12-16)23(25)26/h2-8,10-13,24H,9H2,1H3. The fraction of sp³-hybridized carbons (Fsp3) is 0.100. The third kappa shape index (κ3) is 4.32. The van der Waals surface area contributed by atoms with Crippen molar-refractivity contribution in [3.05, 3.63) is 87.7 Å². The number of pyridine rings is 1. The van der Waals surface area contributed by atoms with Crippen LogP contribution in [-0.2, 0) is 6.42 Å². The van der Waals surface area contributed by atoms with E-state index < -0.39 is 4.92 Å². The zero-order chi connectivity index (χ0) is 19.2. The number of nitro benzene ring substituents is 1. The van der Waals surface area contributed by atoms with Gasteiger partial charge in [0.15, 0.2) is 0 Å².